The van der Waals surface area contributed by atoms with Gasteiger partial charge in [-0.3, -0.25) is 9.20 Å². The number of aliphatic hydroxyl groups excluding tert-OH is 1. The number of anilines is 2. The Hall–Kier alpha value is -3.47. The molecule has 0 bridgehead atoms. The van der Waals surface area contributed by atoms with Gasteiger partial charge in [-0.1, -0.05) is 19.3 Å². The lowest BCUT2D eigenvalue weighted by Crippen LogP contribution is -2.33. The quantitative estimate of drug-likeness (QED) is 0.425. The van der Waals surface area contributed by atoms with E-state index >= 15 is 0 Å². The lowest BCUT2D eigenvalue weighted by molar-refractivity contribution is 0.0906. The van der Waals surface area contributed by atoms with Crippen molar-refractivity contribution in [3.05, 3.63) is 35.5 Å². The molecular weight excluding hydrogens is 412 g/mol. The number of nitrogens with two attached hydrogens (primary N) is 2. The molecule has 170 valence electrons. The summed E-state index contributed by atoms with van der Waals surface area (Å²) in [5, 5.41) is 12.5. The third kappa shape index (κ3) is 4.57. The SMILES string of the molecule is Cc1nc2c(OCC3CCCCC3)cccn2c1C(=O)NC(CO)c1nc(N)nc(N)n1. The number of imidazole rings is 1. The van der Waals surface area contributed by atoms with Gasteiger partial charge in [-0.2, -0.15) is 15.0 Å². The van der Waals surface area contributed by atoms with Crippen LogP contribution < -0.4 is 21.5 Å². The number of nitrogens with zero attached hydrogens (tertiary/aromatic N) is 5. The molecule has 3 aromatic rings. The van der Waals surface area contributed by atoms with Gasteiger partial charge in [-0.25, -0.2) is 4.98 Å². The van der Waals surface area contributed by atoms with Crippen LogP contribution in [0.5, 0.6) is 5.75 Å². The molecular formula is C21H28N8O3. The standard InChI is InChI=1S/C21H28N8O3/c1-12-16(19(31)25-14(10-30)17-26-20(22)28-21(23)27-17)29-9-5-8-15(18(29)24-12)32-11-13-6-3-2-4-7-13/h5,8-9,13-14,30H,2-4,6-7,10-11H2,1H3,(H,25,31)(H4,22,23,26,27,28). The van der Waals surface area contributed by atoms with Crippen LogP contribution in [0.15, 0.2) is 18.3 Å². The largest absolute Gasteiger partial charge is 0.489 e. The second-order valence-corrected chi connectivity index (χ2v) is 8.05. The van der Waals surface area contributed by atoms with Crippen molar-refractivity contribution in [1.82, 2.24) is 29.7 Å². The molecule has 3 aromatic heterocycles. The first-order valence-corrected chi connectivity index (χ1v) is 10.8. The van der Waals surface area contributed by atoms with E-state index in [-0.39, 0.29) is 17.7 Å². The second-order valence-electron chi connectivity index (χ2n) is 8.05. The predicted molar refractivity (Wildman–Crippen MR) is 118 cm³/mol. The Balaban J connectivity index is 1.56. The monoisotopic (exact) mass is 440 g/mol. The second kappa shape index (κ2) is 9.35. The summed E-state index contributed by atoms with van der Waals surface area (Å²) < 4.78 is 7.78. The molecule has 1 aliphatic rings. The van der Waals surface area contributed by atoms with Crippen molar-refractivity contribution < 1.29 is 14.6 Å². The number of carbonyl (C=O) groups excluding carboxylic acids is 1. The van der Waals surface area contributed by atoms with Gasteiger partial charge in [0.05, 0.1) is 18.9 Å². The van der Waals surface area contributed by atoms with Gasteiger partial charge in [0.25, 0.3) is 5.91 Å². The van der Waals surface area contributed by atoms with E-state index in [1.807, 2.05) is 12.1 Å². The molecule has 1 aliphatic carbocycles. The topological polar surface area (TPSA) is 167 Å². The van der Waals surface area contributed by atoms with Gasteiger partial charge in [0.15, 0.2) is 17.2 Å². The highest BCUT2D eigenvalue weighted by atomic mass is 16.5. The van der Waals surface area contributed by atoms with Crippen LogP contribution in [-0.4, -0.2) is 48.6 Å². The molecule has 0 aliphatic heterocycles. The van der Waals surface area contributed by atoms with Crippen molar-refractivity contribution in [3.63, 3.8) is 0 Å². The first kappa shape index (κ1) is 21.8. The minimum absolute atomic E-state index is 0.0776. The number of ether oxygens (including phenoxy) is 1. The van der Waals surface area contributed by atoms with Crippen LogP contribution in [0.2, 0.25) is 0 Å². The van der Waals surface area contributed by atoms with Crippen LogP contribution in [0.3, 0.4) is 0 Å². The molecule has 0 spiro atoms. The molecule has 11 nitrogen and oxygen atoms in total. The number of carbonyl (C=O) groups is 1. The Morgan fingerprint density at radius 3 is 2.62 bits per heavy atom. The summed E-state index contributed by atoms with van der Waals surface area (Å²) in [5.41, 5.74) is 12.7. The zero-order valence-corrected chi connectivity index (χ0v) is 18.0. The van der Waals surface area contributed by atoms with Gasteiger partial charge in [-0.05, 0) is 37.8 Å². The Morgan fingerprint density at radius 2 is 1.94 bits per heavy atom. The van der Waals surface area contributed by atoms with Crippen LogP contribution in [0, 0.1) is 12.8 Å². The van der Waals surface area contributed by atoms with Gasteiger partial charge in [-0.15, -0.1) is 0 Å². The fourth-order valence-corrected chi connectivity index (χ4v) is 4.11. The fraction of sp³-hybridized carbons (Fsp3) is 0.476. The van der Waals surface area contributed by atoms with E-state index in [2.05, 4.69) is 25.3 Å². The van der Waals surface area contributed by atoms with Crippen LogP contribution >= 0.6 is 0 Å². The summed E-state index contributed by atoms with van der Waals surface area (Å²) >= 11 is 0. The number of hydrogen-bond donors (Lipinski definition) is 4. The number of nitrogens with one attached hydrogen (secondary N) is 1. The fourth-order valence-electron chi connectivity index (χ4n) is 4.11. The maximum Gasteiger partial charge on any atom is 0.270 e. The Labute approximate surface area is 185 Å². The van der Waals surface area contributed by atoms with E-state index in [1.54, 1.807) is 17.5 Å². The average Bonchev–Trinajstić information content (AvgIpc) is 3.12. The van der Waals surface area contributed by atoms with Crippen LogP contribution in [0.25, 0.3) is 5.65 Å². The van der Waals surface area contributed by atoms with E-state index in [4.69, 9.17) is 16.2 Å². The first-order chi connectivity index (χ1) is 15.5. The molecule has 0 aromatic carbocycles. The maximum absolute atomic E-state index is 13.1. The molecule has 0 saturated heterocycles. The van der Waals surface area contributed by atoms with Crippen LogP contribution in [0.1, 0.15) is 60.2 Å². The van der Waals surface area contributed by atoms with E-state index < -0.39 is 18.6 Å². The minimum atomic E-state index is -0.911. The third-order valence-electron chi connectivity index (χ3n) is 5.69. The summed E-state index contributed by atoms with van der Waals surface area (Å²) in [6.07, 6.45) is 7.90. The van der Waals surface area contributed by atoms with Gasteiger partial charge < -0.3 is 26.6 Å². The van der Waals surface area contributed by atoms with E-state index in [9.17, 15) is 9.90 Å². The highest BCUT2D eigenvalue weighted by molar-refractivity contribution is 5.95. The smallest absolute Gasteiger partial charge is 0.270 e. The number of amides is 1. The first-order valence-electron chi connectivity index (χ1n) is 10.8. The van der Waals surface area contributed by atoms with Crippen molar-refractivity contribution in [2.24, 2.45) is 5.92 Å². The van der Waals surface area contributed by atoms with Gasteiger partial charge in [0.2, 0.25) is 11.9 Å². The van der Waals surface area contributed by atoms with Crippen molar-refractivity contribution in [2.75, 3.05) is 24.7 Å². The number of aliphatic hydroxyl groups is 1. The molecule has 1 saturated carbocycles. The third-order valence-corrected chi connectivity index (χ3v) is 5.69. The van der Waals surface area contributed by atoms with Crippen molar-refractivity contribution >= 4 is 23.5 Å². The summed E-state index contributed by atoms with van der Waals surface area (Å²) in [7, 11) is 0. The number of aromatic nitrogens is 5. The Bertz CT molecular complexity index is 1090. The molecule has 6 N–H and O–H groups in total. The molecule has 1 atom stereocenters. The van der Waals surface area contributed by atoms with Crippen LogP contribution in [-0.2, 0) is 0 Å². The molecule has 3 heterocycles. The number of hydrogen-bond acceptors (Lipinski definition) is 9. The van der Waals surface area contributed by atoms with Crippen molar-refractivity contribution in [3.8, 4) is 5.75 Å². The summed E-state index contributed by atoms with van der Waals surface area (Å²) in [5.74, 6) is 0.632. The molecule has 4 rings (SSSR count). The summed E-state index contributed by atoms with van der Waals surface area (Å²) in [4.78, 5) is 29.3. The van der Waals surface area contributed by atoms with Crippen molar-refractivity contribution in [1.29, 1.82) is 0 Å². The zero-order chi connectivity index (χ0) is 22.7. The molecule has 1 amide bonds. The average molecular weight is 441 g/mol. The molecule has 0 radical (unpaired) electrons. The van der Waals surface area contributed by atoms with Crippen LogP contribution in [0.4, 0.5) is 11.9 Å². The summed E-state index contributed by atoms with van der Waals surface area (Å²) in [6, 6.07) is 2.77. The Morgan fingerprint density at radius 1 is 1.22 bits per heavy atom. The number of rotatable bonds is 7. The van der Waals surface area contributed by atoms with E-state index in [1.165, 1.54) is 32.1 Å². The molecule has 1 fully saturated rings. The predicted octanol–water partition coefficient (Wildman–Crippen LogP) is 1.41. The van der Waals surface area contributed by atoms with Crippen molar-refractivity contribution in [2.45, 2.75) is 45.1 Å². The number of aryl methyl sites for hydroxylation is 1. The highest BCUT2D eigenvalue weighted by Gasteiger charge is 2.24. The number of fused-ring (bicyclic) bond motifs is 1. The number of pyridine rings is 1. The number of nitrogen functional groups attached to an aromatic ring is 2. The van der Waals surface area contributed by atoms with Gasteiger partial charge in [0.1, 0.15) is 11.7 Å². The van der Waals surface area contributed by atoms with E-state index in [0.29, 0.717) is 35.3 Å². The van der Waals surface area contributed by atoms with Gasteiger partial charge >= 0.3 is 0 Å². The highest BCUT2D eigenvalue weighted by Crippen LogP contribution is 2.27. The molecule has 1 unspecified atom stereocenters. The van der Waals surface area contributed by atoms with E-state index in [0.717, 1.165) is 0 Å². The maximum atomic E-state index is 13.1. The normalized spacial score (nSPS) is 15.6. The summed E-state index contributed by atoms with van der Waals surface area (Å²) in [6.45, 7) is 1.95. The molecule has 11 heteroatoms. The zero-order valence-electron chi connectivity index (χ0n) is 18.0. The lowest BCUT2D eigenvalue weighted by Gasteiger charge is -2.21. The molecule has 32 heavy (non-hydrogen) atoms. The lowest BCUT2D eigenvalue weighted by atomic mass is 9.90. The van der Waals surface area contributed by atoms with Gasteiger partial charge in [0, 0.05) is 6.20 Å². The minimum Gasteiger partial charge on any atom is -0.489 e. The Kier molecular flexibility index (Phi) is 6.35.